The van der Waals surface area contributed by atoms with E-state index < -0.39 is 0 Å². The summed E-state index contributed by atoms with van der Waals surface area (Å²) < 4.78 is 0. The lowest BCUT2D eigenvalue weighted by molar-refractivity contribution is -0.121. The molecule has 29 heavy (non-hydrogen) atoms. The molecule has 0 radical (unpaired) electrons. The number of benzene rings is 3. The Labute approximate surface area is 178 Å². The summed E-state index contributed by atoms with van der Waals surface area (Å²) in [7, 11) is 0. The van der Waals surface area contributed by atoms with Crippen LogP contribution in [0.5, 0.6) is 0 Å². The van der Waals surface area contributed by atoms with Crippen molar-refractivity contribution < 1.29 is 4.79 Å². The van der Waals surface area contributed by atoms with E-state index in [-0.39, 0.29) is 18.5 Å². The van der Waals surface area contributed by atoms with Gasteiger partial charge in [0, 0.05) is 21.2 Å². The van der Waals surface area contributed by atoms with E-state index in [1.54, 1.807) is 12.1 Å². The van der Waals surface area contributed by atoms with Gasteiger partial charge < -0.3 is 4.90 Å². The summed E-state index contributed by atoms with van der Waals surface area (Å²) in [5.41, 5.74) is 5.81. The Balaban J connectivity index is 1.94. The van der Waals surface area contributed by atoms with E-state index in [0.717, 1.165) is 22.4 Å². The highest BCUT2D eigenvalue weighted by Gasteiger charge is 2.33. The third-order valence-electron chi connectivity index (χ3n) is 4.79. The standard InChI is InChI=1S/C22H18Cl2N4O/c23-16-8-6-15(7-9-16)22-26-19-11-10-17(24)12-18(19)21(14-4-2-1-3-5-14)28(22)13-20(29)27-25/h1-12,21H,13,25H2,(H,27,29)/t21-/m0/s1. The molecule has 1 aliphatic heterocycles. The molecule has 146 valence electrons. The molecule has 0 spiro atoms. The van der Waals surface area contributed by atoms with Crippen LogP contribution in [0.4, 0.5) is 5.69 Å². The fourth-order valence-electron chi connectivity index (χ4n) is 3.51. The van der Waals surface area contributed by atoms with E-state index >= 15 is 0 Å². The van der Waals surface area contributed by atoms with Crippen LogP contribution in [0.2, 0.25) is 10.0 Å². The molecule has 7 heteroatoms. The molecular formula is C22H18Cl2N4O. The predicted octanol–water partition coefficient (Wildman–Crippen LogP) is 4.47. The number of aliphatic imine (C=N–C) groups is 1. The van der Waals surface area contributed by atoms with Gasteiger partial charge in [-0.25, -0.2) is 10.8 Å². The maximum Gasteiger partial charge on any atom is 0.253 e. The molecule has 0 unspecified atom stereocenters. The molecule has 3 N–H and O–H groups in total. The normalized spacial score (nSPS) is 15.5. The molecule has 0 aromatic heterocycles. The zero-order valence-corrected chi connectivity index (χ0v) is 16.9. The highest BCUT2D eigenvalue weighted by molar-refractivity contribution is 6.31. The van der Waals surface area contributed by atoms with Crippen LogP contribution in [-0.2, 0) is 4.79 Å². The SMILES string of the molecule is NNC(=O)CN1C(c2ccc(Cl)cc2)=Nc2ccc(Cl)cc2[C@@H]1c1ccccc1. The molecule has 3 aromatic rings. The highest BCUT2D eigenvalue weighted by atomic mass is 35.5. The van der Waals surface area contributed by atoms with Gasteiger partial charge >= 0.3 is 0 Å². The first-order valence-electron chi connectivity index (χ1n) is 9.02. The summed E-state index contributed by atoms with van der Waals surface area (Å²) in [6.45, 7) is 0.0312. The number of carbonyl (C=O) groups excluding carboxylic acids is 1. The zero-order valence-electron chi connectivity index (χ0n) is 15.3. The number of amides is 1. The number of carbonyl (C=O) groups is 1. The minimum atomic E-state index is -0.321. The lowest BCUT2D eigenvalue weighted by Gasteiger charge is -2.38. The summed E-state index contributed by atoms with van der Waals surface area (Å²) in [6.07, 6.45) is 0. The summed E-state index contributed by atoms with van der Waals surface area (Å²) in [5.74, 6) is 5.73. The Hall–Kier alpha value is -2.86. The van der Waals surface area contributed by atoms with Crippen molar-refractivity contribution in [2.45, 2.75) is 6.04 Å². The Morgan fingerprint density at radius 3 is 2.38 bits per heavy atom. The summed E-state index contributed by atoms with van der Waals surface area (Å²) >= 11 is 12.4. The third-order valence-corrected chi connectivity index (χ3v) is 5.27. The summed E-state index contributed by atoms with van der Waals surface area (Å²) in [4.78, 5) is 19.1. The molecule has 3 aromatic carbocycles. The minimum absolute atomic E-state index is 0.0312. The van der Waals surface area contributed by atoms with Crippen molar-refractivity contribution in [2.75, 3.05) is 6.54 Å². The second-order valence-electron chi connectivity index (χ2n) is 6.65. The van der Waals surface area contributed by atoms with Crippen LogP contribution in [0.1, 0.15) is 22.7 Å². The number of fused-ring (bicyclic) bond motifs is 1. The summed E-state index contributed by atoms with van der Waals surface area (Å²) in [6, 6.07) is 22.6. The van der Waals surface area contributed by atoms with Crippen molar-refractivity contribution in [3.8, 4) is 0 Å². The number of hydrogen-bond acceptors (Lipinski definition) is 4. The van der Waals surface area contributed by atoms with E-state index in [9.17, 15) is 4.79 Å². The van der Waals surface area contributed by atoms with E-state index in [1.165, 1.54) is 0 Å². The molecule has 0 saturated carbocycles. The van der Waals surface area contributed by atoms with Crippen LogP contribution in [0.25, 0.3) is 0 Å². The Morgan fingerprint density at radius 2 is 1.69 bits per heavy atom. The predicted molar refractivity (Wildman–Crippen MR) is 116 cm³/mol. The fraction of sp³-hybridized carbons (Fsp3) is 0.0909. The van der Waals surface area contributed by atoms with Crippen molar-refractivity contribution in [3.05, 3.63) is 99.5 Å². The van der Waals surface area contributed by atoms with Crippen LogP contribution < -0.4 is 11.3 Å². The van der Waals surface area contributed by atoms with Gasteiger partial charge in [-0.3, -0.25) is 10.2 Å². The highest BCUT2D eigenvalue weighted by Crippen LogP contribution is 2.41. The monoisotopic (exact) mass is 424 g/mol. The van der Waals surface area contributed by atoms with E-state index in [1.807, 2.05) is 65.6 Å². The fourth-order valence-corrected chi connectivity index (χ4v) is 3.81. The molecule has 1 aliphatic rings. The van der Waals surface area contributed by atoms with Crippen molar-refractivity contribution in [1.82, 2.24) is 10.3 Å². The van der Waals surface area contributed by atoms with Gasteiger partial charge in [0.05, 0.1) is 11.7 Å². The van der Waals surface area contributed by atoms with Gasteiger partial charge in [-0.2, -0.15) is 0 Å². The van der Waals surface area contributed by atoms with E-state index in [4.69, 9.17) is 34.0 Å². The number of nitrogens with two attached hydrogens (primary N) is 1. The number of hydrazine groups is 1. The number of halogens is 2. The molecule has 0 bridgehead atoms. The first-order valence-corrected chi connectivity index (χ1v) is 9.77. The average molecular weight is 425 g/mol. The molecule has 0 fully saturated rings. The van der Waals surface area contributed by atoms with Crippen LogP contribution in [0.3, 0.4) is 0 Å². The van der Waals surface area contributed by atoms with Crippen LogP contribution in [-0.4, -0.2) is 23.2 Å². The second-order valence-corrected chi connectivity index (χ2v) is 7.53. The van der Waals surface area contributed by atoms with Crippen molar-refractivity contribution >= 4 is 40.6 Å². The molecule has 5 nitrogen and oxygen atoms in total. The first kappa shape index (κ1) is 19.5. The number of hydrogen-bond donors (Lipinski definition) is 2. The van der Waals surface area contributed by atoms with Crippen molar-refractivity contribution in [2.24, 2.45) is 10.8 Å². The molecule has 1 atom stereocenters. The van der Waals surface area contributed by atoms with Crippen molar-refractivity contribution in [1.29, 1.82) is 0 Å². The molecular weight excluding hydrogens is 407 g/mol. The van der Waals surface area contributed by atoms with Gasteiger partial charge in [0.15, 0.2) is 0 Å². The molecule has 1 amide bonds. The van der Waals surface area contributed by atoms with Gasteiger partial charge in [0.2, 0.25) is 0 Å². The van der Waals surface area contributed by atoms with Gasteiger partial charge in [-0.05, 0) is 48.0 Å². The number of nitrogens with zero attached hydrogens (tertiary/aromatic N) is 2. The van der Waals surface area contributed by atoms with Gasteiger partial charge in [-0.15, -0.1) is 0 Å². The lowest BCUT2D eigenvalue weighted by Crippen LogP contribution is -2.46. The minimum Gasteiger partial charge on any atom is -0.336 e. The Bertz CT molecular complexity index is 1070. The zero-order chi connectivity index (χ0) is 20.4. The quantitative estimate of drug-likeness (QED) is 0.368. The van der Waals surface area contributed by atoms with E-state index in [2.05, 4.69) is 5.43 Å². The largest absolute Gasteiger partial charge is 0.336 e. The topological polar surface area (TPSA) is 70.7 Å². The smallest absolute Gasteiger partial charge is 0.253 e. The average Bonchev–Trinajstić information content (AvgIpc) is 2.74. The molecule has 4 rings (SSSR count). The van der Waals surface area contributed by atoms with Gasteiger partial charge in [0.1, 0.15) is 12.4 Å². The maximum absolute atomic E-state index is 12.3. The van der Waals surface area contributed by atoms with Crippen LogP contribution in [0, 0.1) is 0 Å². The third kappa shape index (κ3) is 3.98. The molecule has 1 heterocycles. The number of amidine groups is 1. The Kier molecular flexibility index (Phi) is 5.53. The lowest BCUT2D eigenvalue weighted by atomic mass is 9.93. The maximum atomic E-state index is 12.3. The number of rotatable bonds is 4. The van der Waals surface area contributed by atoms with Crippen molar-refractivity contribution in [3.63, 3.8) is 0 Å². The van der Waals surface area contributed by atoms with E-state index in [0.29, 0.717) is 15.9 Å². The van der Waals surface area contributed by atoms with Crippen LogP contribution >= 0.6 is 23.2 Å². The Morgan fingerprint density at radius 1 is 1.00 bits per heavy atom. The molecule has 0 saturated heterocycles. The van der Waals surface area contributed by atoms with Crippen LogP contribution in [0.15, 0.2) is 77.8 Å². The van der Waals surface area contributed by atoms with Gasteiger partial charge in [-0.1, -0.05) is 53.5 Å². The first-order chi connectivity index (χ1) is 14.1. The molecule has 0 aliphatic carbocycles. The summed E-state index contributed by atoms with van der Waals surface area (Å²) in [5, 5.41) is 1.24. The second kappa shape index (κ2) is 8.25. The van der Waals surface area contributed by atoms with Gasteiger partial charge in [0.25, 0.3) is 5.91 Å². The number of nitrogens with one attached hydrogen (secondary N) is 1.